The van der Waals surface area contributed by atoms with E-state index in [-0.39, 0.29) is 68.6 Å². The van der Waals surface area contributed by atoms with E-state index in [1.165, 1.54) is 0 Å². The van der Waals surface area contributed by atoms with Gasteiger partial charge in [0.25, 0.3) is 0 Å². The van der Waals surface area contributed by atoms with Gasteiger partial charge in [-0.05, 0) is 185 Å². The first-order valence-electron chi connectivity index (χ1n) is 32.2. The summed E-state index contributed by atoms with van der Waals surface area (Å²) < 4.78 is 9.40. The van der Waals surface area contributed by atoms with E-state index in [2.05, 4.69) is 171 Å². The number of piperidine rings is 3. The van der Waals surface area contributed by atoms with Crippen LogP contribution in [-0.2, 0) is 14.1 Å². The lowest BCUT2D eigenvalue weighted by Gasteiger charge is -2.46. The van der Waals surface area contributed by atoms with Gasteiger partial charge in [-0.2, -0.15) is 20.0 Å². The number of aryl methyl sites for hydroxylation is 2. The second-order valence-corrected chi connectivity index (χ2v) is 30.0. The quantitative estimate of drug-likeness (QED) is 0.0656. The van der Waals surface area contributed by atoms with E-state index in [1.807, 2.05) is 101 Å². The number of aromatic hydroxyl groups is 3. The van der Waals surface area contributed by atoms with Crippen molar-refractivity contribution in [2.75, 3.05) is 5.73 Å². The zero-order valence-corrected chi connectivity index (χ0v) is 56.3. The predicted octanol–water partition coefficient (Wildman–Crippen LogP) is 10.2. The first kappa shape index (κ1) is 63.8. The summed E-state index contributed by atoms with van der Waals surface area (Å²) in [5.74, 6) is 0.816. The van der Waals surface area contributed by atoms with Crippen LogP contribution < -0.4 is 26.4 Å². The normalized spacial score (nSPS) is 18.4. The summed E-state index contributed by atoms with van der Waals surface area (Å²) in [6, 6.07) is 24.4. The summed E-state index contributed by atoms with van der Waals surface area (Å²) in [6.45, 7) is 26.6. The van der Waals surface area contributed by atoms with Crippen molar-refractivity contribution in [3.8, 4) is 73.3 Å². The molecule has 0 radical (unpaired) electrons. The molecule has 3 aliphatic heterocycles. The van der Waals surface area contributed by atoms with Crippen LogP contribution >= 0.6 is 0 Å². The maximum absolute atomic E-state index is 10.7. The number of rotatable bonds is 8. The number of phenolic OH excluding ortho intramolecular Hbond substituents is 3. The molecule has 0 atom stereocenters. The van der Waals surface area contributed by atoms with Gasteiger partial charge in [0.2, 0.25) is 11.2 Å². The fourth-order valence-electron chi connectivity index (χ4n) is 15.3. The Morgan fingerprint density at radius 1 is 0.474 bits per heavy atom. The van der Waals surface area contributed by atoms with Crippen LogP contribution in [0.15, 0.2) is 110 Å². The molecular weight excluding hydrogens is 1200 g/mol. The minimum absolute atomic E-state index is 0.00907. The van der Waals surface area contributed by atoms with E-state index in [0.29, 0.717) is 50.8 Å². The molecule has 492 valence electrons. The van der Waals surface area contributed by atoms with Gasteiger partial charge < -0.3 is 37.0 Å². The molecule has 0 amide bonds. The van der Waals surface area contributed by atoms with Crippen molar-refractivity contribution in [3.05, 3.63) is 110 Å². The summed E-state index contributed by atoms with van der Waals surface area (Å²) in [6.07, 6.45) is 14.8. The Hall–Kier alpha value is -9.92. The lowest BCUT2D eigenvalue weighted by atomic mass is 9.79. The molecule has 0 saturated carbocycles. The molecule has 0 aliphatic carbocycles. The highest BCUT2D eigenvalue weighted by Crippen LogP contribution is 2.42. The van der Waals surface area contributed by atoms with Crippen molar-refractivity contribution in [2.45, 2.75) is 173 Å². The van der Waals surface area contributed by atoms with Crippen LogP contribution in [0.1, 0.15) is 140 Å². The Labute approximate surface area is 549 Å². The van der Waals surface area contributed by atoms with Gasteiger partial charge in [0, 0.05) is 129 Å². The molecule has 0 spiro atoms. The molecule has 0 unspecified atom stereocenters. The van der Waals surface area contributed by atoms with Gasteiger partial charge in [-0.1, -0.05) is 22.4 Å². The van der Waals surface area contributed by atoms with Gasteiger partial charge >= 0.3 is 5.65 Å². The van der Waals surface area contributed by atoms with E-state index in [0.717, 1.165) is 93.9 Å². The number of anilines is 1. The number of phenols is 3. The summed E-state index contributed by atoms with van der Waals surface area (Å²) in [5.41, 5.74) is 17.2. The molecule has 3 fully saturated rings. The monoisotopic (exact) mass is 1280 g/mol. The van der Waals surface area contributed by atoms with E-state index >= 15 is 0 Å². The number of aromatic amines is 1. The Balaban J connectivity index is 0.000000129. The van der Waals surface area contributed by atoms with E-state index in [1.54, 1.807) is 46.0 Å². The topological polar surface area (TPSA) is 330 Å². The fourth-order valence-corrected chi connectivity index (χ4v) is 15.3. The standard InChI is InChI=1S/C24H28N8O.C24H29N7O.C21H26N8O/c1-23(2)12-16(13-24(3,4)30-23)32-22-19(28-31-32)11-18(27-29-22)17-6-5-14(9-20(17)33)15-7-8-26-21(25)10-15;1-23(2)10-18(11-24(3,4)29-23)31-22-16(12-26-31)8-20(27-28-22)19-7-6-15(9-21(19)32)17-13-25-30(5)14-17;1-20(2)9-13(10-21(3,4)26-20)29-19-17(23-27-29)7-16(22-24-19)14-6-12-11-28(5)25-15(12)8-18(14)30/h5-11,16,30,33H,12-13H2,1-4H3,(H2,25,26);6-9,12-14,18,29,32H,10-11H2,1-5H3;6-8,11,13,26H,9-10H2,1-5H3,(H,25,30)/p+1. The van der Waals surface area contributed by atoms with E-state index in [4.69, 9.17) is 5.73 Å². The highest BCUT2D eigenvalue weighted by atomic mass is 16.3. The summed E-state index contributed by atoms with van der Waals surface area (Å²) in [4.78, 5) is 4.01. The van der Waals surface area contributed by atoms with Crippen LogP contribution in [0.2, 0.25) is 0 Å². The number of fused-ring (bicyclic) bond motifs is 4. The summed E-state index contributed by atoms with van der Waals surface area (Å²) >= 11 is 0. The van der Waals surface area contributed by atoms with Crippen molar-refractivity contribution in [2.24, 2.45) is 14.1 Å². The number of nitrogen functional groups attached to an aromatic ring is 1. The van der Waals surface area contributed by atoms with Crippen molar-refractivity contribution in [1.29, 1.82) is 0 Å². The third-order valence-corrected chi connectivity index (χ3v) is 18.1. The zero-order valence-electron chi connectivity index (χ0n) is 56.3. The Morgan fingerprint density at radius 3 is 1.61 bits per heavy atom. The van der Waals surface area contributed by atoms with Crippen molar-refractivity contribution in [3.63, 3.8) is 0 Å². The average Bonchev–Trinajstić information content (AvgIpc) is 1.72. The first-order valence-corrected chi connectivity index (χ1v) is 32.2. The SMILES string of the molecule is CC1(C)CC(n2nnc3cc(-c4ccc(-c5ccnc(N)c5)cc4O)nnc32)CC(C)(C)N1.Cn1cc(-c2ccc(-c3cc4cnn(C5CC(C)(C)NC(C)(C)C5)c4nn3)c(O)c2)cn1.Cn1cc2cc(-c3cc4n[nH][n+](C5CC(C)(C)NC(C)(C)C5)c4nn3)c(O)cc2n1. The van der Waals surface area contributed by atoms with Gasteiger partial charge in [0.05, 0.1) is 41.4 Å². The summed E-state index contributed by atoms with van der Waals surface area (Å²) in [7, 11) is 3.73. The van der Waals surface area contributed by atoms with Crippen molar-refractivity contribution >= 4 is 50.1 Å². The lowest BCUT2D eigenvalue weighted by molar-refractivity contribution is -0.761. The molecule has 3 saturated heterocycles. The molecule has 95 heavy (non-hydrogen) atoms. The van der Waals surface area contributed by atoms with Crippen LogP contribution in [0.25, 0.3) is 100 Å². The average molecular weight is 1280 g/mol. The third kappa shape index (κ3) is 13.5. The molecule has 12 heterocycles. The van der Waals surface area contributed by atoms with Gasteiger partial charge in [0.1, 0.15) is 40.3 Å². The van der Waals surface area contributed by atoms with Gasteiger partial charge in [0.15, 0.2) is 5.65 Å². The highest BCUT2D eigenvalue weighted by molar-refractivity contribution is 5.88. The van der Waals surface area contributed by atoms with Crippen LogP contribution in [0.4, 0.5) is 5.82 Å². The van der Waals surface area contributed by atoms with Crippen molar-refractivity contribution < 1.29 is 20.0 Å². The van der Waals surface area contributed by atoms with Gasteiger partial charge in [-0.3, -0.25) is 9.36 Å². The van der Waals surface area contributed by atoms with Crippen LogP contribution in [-0.4, -0.2) is 139 Å². The number of pyridine rings is 1. The molecule has 9 aromatic heterocycles. The second-order valence-electron chi connectivity index (χ2n) is 30.0. The zero-order chi connectivity index (χ0) is 67.3. The number of H-pyrrole nitrogens is 1. The number of nitrogens with zero attached hydrogens (tertiary/aromatic N) is 18. The lowest BCUT2D eigenvalue weighted by Crippen LogP contribution is -2.62. The van der Waals surface area contributed by atoms with Gasteiger partial charge in [-0.25, -0.2) is 14.3 Å². The number of hydrogen-bond acceptors (Lipinski definition) is 20. The molecular formula is C69H84N23O3+. The number of aromatic nitrogens is 19. The van der Waals surface area contributed by atoms with Crippen molar-refractivity contribution in [1.82, 2.24) is 106 Å². The van der Waals surface area contributed by atoms with E-state index in [9.17, 15) is 15.3 Å². The molecule has 0 bridgehead atoms. The molecule has 9 N–H and O–H groups in total. The smallest absolute Gasteiger partial charge is 0.350 e. The Kier molecular flexibility index (Phi) is 15.8. The van der Waals surface area contributed by atoms with Gasteiger partial charge in [-0.15, -0.1) is 30.7 Å². The maximum Gasteiger partial charge on any atom is 0.350 e. The van der Waals surface area contributed by atoms with E-state index < -0.39 is 0 Å². The predicted molar refractivity (Wildman–Crippen MR) is 364 cm³/mol. The number of nitrogens with one attached hydrogen (secondary N) is 4. The first-order chi connectivity index (χ1) is 44.8. The Bertz CT molecular complexity index is 4830. The van der Waals surface area contributed by atoms with Crippen LogP contribution in [0.5, 0.6) is 17.2 Å². The fraction of sp³-hybridized carbons (Fsp3) is 0.420. The molecule has 12 aromatic rings. The second kappa shape index (κ2) is 23.5. The van der Waals surface area contributed by atoms with Crippen LogP contribution in [0.3, 0.4) is 0 Å². The molecule has 26 heteroatoms. The largest absolute Gasteiger partial charge is 0.507 e. The third-order valence-electron chi connectivity index (χ3n) is 18.1. The molecule has 26 nitrogen and oxygen atoms in total. The molecule has 15 rings (SSSR count). The maximum atomic E-state index is 10.7. The molecule has 3 aliphatic rings. The number of benzene rings is 3. The minimum atomic E-state index is -0.0227. The highest BCUT2D eigenvalue weighted by Gasteiger charge is 2.43. The number of nitrogens with two attached hydrogens (primary N) is 1. The summed E-state index contributed by atoms with van der Waals surface area (Å²) in [5, 5.41) is 101. The Morgan fingerprint density at radius 2 is 1.01 bits per heavy atom. The number of hydrogen-bond donors (Lipinski definition) is 8. The van der Waals surface area contributed by atoms with Crippen LogP contribution in [0, 0.1) is 0 Å². The minimum Gasteiger partial charge on any atom is -0.507 e. The molecule has 3 aromatic carbocycles.